The van der Waals surface area contributed by atoms with E-state index in [-0.39, 0.29) is 12.1 Å². The van der Waals surface area contributed by atoms with Gasteiger partial charge in [-0.3, -0.25) is 10.2 Å². The lowest BCUT2D eigenvalue weighted by atomic mass is 9.93. The number of hydrazine groups is 1. The van der Waals surface area contributed by atoms with Gasteiger partial charge in [0.1, 0.15) is 17.4 Å². The predicted octanol–water partition coefficient (Wildman–Crippen LogP) is 4.99. The maximum Gasteiger partial charge on any atom is 0.409 e. The molecule has 1 atom stereocenters. The quantitative estimate of drug-likeness (QED) is 0.797. The van der Waals surface area contributed by atoms with Crippen molar-refractivity contribution in [1.29, 1.82) is 0 Å². The molecule has 0 radical (unpaired) electrons. The second kappa shape index (κ2) is 6.65. The summed E-state index contributed by atoms with van der Waals surface area (Å²) in [5, 5.41) is 2.38. The molecule has 0 saturated carbocycles. The van der Waals surface area contributed by atoms with Crippen LogP contribution in [0.3, 0.4) is 0 Å². The Balaban J connectivity index is 2.09. The Kier molecular flexibility index (Phi) is 4.86. The summed E-state index contributed by atoms with van der Waals surface area (Å²) in [6.45, 7) is 8.88. The molecule has 0 spiro atoms. The van der Waals surface area contributed by atoms with Crippen molar-refractivity contribution in [2.45, 2.75) is 52.4 Å². The third-order valence-electron chi connectivity index (χ3n) is 4.65. The lowest BCUT2D eigenvalue weighted by Crippen LogP contribution is -2.43. The lowest BCUT2D eigenvalue weighted by molar-refractivity contribution is -0.191. The van der Waals surface area contributed by atoms with Crippen LogP contribution in [0.15, 0.2) is 36.4 Å². The molecule has 0 aromatic heterocycles. The van der Waals surface area contributed by atoms with Crippen molar-refractivity contribution in [2.75, 3.05) is 6.54 Å². The van der Waals surface area contributed by atoms with Crippen molar-refractivity contribution in [3.05, 3.63) is 42.0 Å². The van der Waals surface area contributed by atoms with Gasteiger partial charge in [-0.25, -0.2) is 5.01 Å². The number of alkyl halides is 3. The summed E-state index contributed by atoms with van der Waals surface area (Å²) in [5.74, 6) is 0.109. The number of hydrogen-bond acceptors (Lipinski definition) is 3. The van der Waals surface area contributed by atoms with Gasteiger partial charge in [-0.1, -0.05) is 24.3 Å². The molecule has 1 saturated heterocycles. The molecule has 1 N–H and O–H groups in total. The van der Waals surface area contributed by atoms with E-state index in [0.717, 1.165) is 10.4 Å². The molecule has 0 aliphatic carbocycles. The zero-order valence-electron chi connectivity index (χ0n) is 16.6. The molecule has 28 heavy (non-hydrogen) atoms. The summed E-state index contributed by atoms with van der Waals surface area (Å²) in [7, 11) is 0. The van der Waals surface area contributed by atoms with Crippen molar-refractivity contribution >= 4 is 16.7 Å². The van der Waals surface area contributed by atoms with E-state index >= 15 is 0 Å². The lowest BCUT2D eigenvalue weighted by Gasteiger charge is -2.30. The summed E-state index contributed by atoms with van der Waals surface area (Å²) in [5.41, 5.74) is 1.08. The van der Waals surface area contributed by atoms with E-state index in [2.05, 4.69) is 5.43 Å². The maximum atomic E-state index is 14.0. The van der Waals surface area contributed by atoms with E-state index in [1.54, 1.807) is 26.0 Å². The Hall–Kier alpha value is -2.28. The molecule has 152 valence electrons. The van der Waals surface area contributed by atoms with E-state index < -0.39 is 29.1 Å². The number of amides is 1. The number of halogens is 3. The first kappa shape index (κ1) is 20.5. The van der Waals surface area contributed by atoms with Crippen LogP contribution in [0.1, 0.15) is 46.2 Å². The fourth-order valence-corrected chi connectivity index (χ4v) is 3.37. The average molecular weight is 394 g/mol. The molecule has 3 rings (SSSR count). The molecule has 2 aromatic rings. The number of carbonyl (C=O) groups is 1. The number of benzene rings is 2. The minimum atomic E-state index is -4.55. The largest absolute Gasteiger partial charge is 0.488 e. The summed E-state index contributed by atoms with van der Waals surface area (Å²) >= 11 is 0. The maximum absolute atomic E-state index is 14.0. The first-order valence-corrected chi connectivity index (χ1v) is 9.14. The van der Waals surface area contributed by atoms with Gasteiger partial charge in [0.2, 0.25) is 5.91 Å². The Morgan fingerprint density at radius 3 is 2.36 bits per heavy atom. The van der Waals surface area contributed by atoms with E-state index in [1.165, 1.54) is 12.1 Å². The van der Waals surface area contributed by atoms with Crippen molar-refractivity contribution in [3.8, 4) is 5.75 Å². The van der Waals surface area contributed by atoms with Crippen LogP contribution in [0.4, 0.5) is 13.2 Å². The second-order valence-electron chi connectivity index (χ2n) is 8.85. The number of hydrogen-bond donors (Lipinski definition) is 1. The zero-order valence-corrected chi connectivity index (χ0v) is 16.6. The number of fused-ring (bicyclic) bond motifs is 1. The van der Waals surface area contributed by atoms with Gasteiger partial charge >= 0.3 is 6.18 Å². The van der Waals surface area contributed by atoms with E-state index in [1.807, 2.05) is 32.9 Å². The fraction of sp³-hybridized carbons (Fsp3) is 0.476. The number of rotatable bonds is 3. The smallest absolute Gasteiger partial charge is 0.409 e. The molecule has 1 aliphatic rings. The van der Waals surface area contributed by atoms with Crippen molar-refractivity contribution in [3.63, 3.8) is 0 Å². The van der Waals surface area contributed by atoms with Crippen LogP contribution in [-0.4, -0.2) is 29.2 Å². The van der Waals surface area contributed by atoms with E-state index in [9.17, 15) is 18.0 Å². The number of carbonyl (C=O) groups excluding carboxylic acids is 1. The molecule has 7 heteroatoms. The van der Waals surface area contributed by atoms with Gasteiger partial charge in [-0.15, -0.1) is 0 Å². The fourth-order valence-electron chi connectivity index (χ4n) is 3.37. The Morgan fingerprint density at radius 2 is 1.82 bits per heavy atom. The minimum Gasteiger partial charge on any atom is -0.488 e. The van der Waals surface area contributed by atoms with Crippen molar-refractivity contribution < 1.29 is 22.7 Å². The molecule has 1 unspecified atom stereocenters. The van der Waals surface area contributed by atoms with Crippen LogP contribution in [0, 0.1) is 5.41 Å². The standard InChI is InChI=1S/C21H25F3N2O2/c1-19(2,3)28-16-8-6-7-13-9-10-14(11-15(13)16)17(21(22,23)24)26-12-20(4,5)18(27)25-26/h6-11,17H,12H2,1-5H3,(H,25,27). The normalized spacial score (nSPS) is 18.9. The predicted molar refractivity (Wildman–Crippen MR) is 102 cm³/mol. The molecule has 0 bridgehead atoms. The summed E-state index contributed by atoms with van der Waals surface area (Å²) < 4.78 is 47.9. The SMILES string of the molecule is CC(C)(C)Oc1cccc2ccc(C(N3CC(C)(C)C(=O)N3)C(F)(F)F)cc12. The highest BCUT2D eigenvalue weighted by atomic mass is 19.4. The Labute approximate surface area is 162 Å². The van der Waals surface area contributed by atoms with Crippen LogP contribution in [0.5, 0.6) is 5.75 Å². The first-order valence-electron chi connectivity index (χ1n) is 9.14. The topological polar surface area (TPSA) is 41.6 Å². The van der Waals surface area contributed by atoms with Crippen LogP contribution >= 0.6 is 0 Å². The molecule has 1 fully saturated rings. The van der Waals surface area contributed by atoms with E-state index in [4.69, 9.17) is 4.74 Å². The van der Waals surface area contributed by atoms with Gasteiger partial charge in [0.25, 0.3) is 0 Å². The number of nitrogens with zero attached hydrogens (tertiary/aromatic N) is 1. The van der Waals surface area contributed by atoms with Gasteiger partial charge in [-0.05, 0) is 57.7 Å². The Morgan fingerprint density at radius 1 is 1.14 bits per heavy atom. The molecule has 1 amide bonds. The Bertz CT molecular complexity index is 901. The van der Waals surface area contributed by atoms with Crippen molar-refractivity contribution in [2.24, 2.45) is 5.41 Å². The monoisotopic (exact) mass is 394 g/mol. The molecule has 4 nitrogen and oxygen atoms in total. The van der Waals surface area contributed by atoms with Gasteiger partial charge in [-0.2, -0.15) is 13.2 Å². The highest BCUT2D eigenvalue weighted by Gasteiger charge is 2.51. The van der Waals surface area contributed by atoms with Crippen LogP contribution in [-0.2, 0) is 4.79 Å². The number of nitrogens with one attached hydrogen (secondary N) is 1. The van der Waals surface area contributed by atoms with Gasteiger partial charge in [0, 0.05) is 11.9 Å². The molecule has 1 aliphatic heterocycles. The summed E-state index contributed by atoms with van der Waals surface area (Å²) in [6, 6.07) is 8.07. The molecular formula is C21H25F3N2O2. The van der Waals surface area contributed by atoms with Gasteiger partial charge < -0.3 is 4.74 Å². The molecule has 2 aromatic carbocycles. The molecular weight excluding hydrogens is 369 g/mol. The minimum absolute atomic E-state index is 0.0335. The second-order valence-corrected chi connectivity index (χ2v) is 8.85. The zero-order chi connectivity index (χ0) is 20.9. The van der Waals surface area contributed by atoms with Gasteiger partial charge in [0.15, 0.2) is 0 Å². The average Bonchev–Trinajstić information content (AvgIpc) is 2.78. The van der Waals surface area contributed by atoms with Crippen LogP contribution in [0.25, 0.3) is 10.8 Å². The molecule has 1 heterocycles. The first-order chi connectivity index (χ1) is 12.8. The van der Waals surface area contributed by atoms with Crippen LogP contribution in [0.2, 0.25) is 0 Å². The third kappa shape index (κ3) is 4.09. The summed E-state index contributed by atoms with van der Waals surface area (Å²) in [6.07, 6.45) is -4.55. The number of ether oxygens (including phenoxy) is 1. The van der Waals surface area contributed by atoms with Gasteiger partial charge in [0.05, 0.1) is 5.41 Å². The summed E-state index contributed by atoms with van der Waals surface area (Å²) in [4.78, 5) is 12.1. The van der Waals surface area contributed by atoms with Crippen LogP contribution < -0.4 is 10.2 Å². The highest BCUT2D eigenvalue weighted by Crippen LogP contribution is 2.42. The highest BCUT2D eigenvalue weighted by molar-refractivity contribution is 5.89. The third-order valence-corrected chi connectivity index (χ3v) is 4.65. The van der Waals surface area contributed by atoms with Crippen molar-refractivity contribution in [1.82, 2.24) is 10.4 Å². The van der Waals surface area contributed by atoms with E-state index in [0.29, 0.717) is 11.1 Å².